The molecule has 2 saturated carbocycles. The van der Waals surface area contributed by atoms with Crippen LogP contribution in [-0.4, -0.2) is 87.4 Å². The quantitative estimate of drug-likeness (QED) is 0.598. The molecular formula is C26H35N5O3. The predicted molar refractivity (Wildman–Crippen MR) is 127 cm³/mol. The van der Waals surface area contributed by atoms with Gasteiger partial charge in [0.1, 0.15) is 5.65 Å². The van der Waals surface area contributed by atoms with Crippen molar-refractivity contribution in [2.24, 2.45) is 11.8 Å². The van der Waals surface area contributed by atoms with E-state index in [4.69, 9.17) is 4.74 Å². The topological polar surface area (TPSA) is 70.4 Å². The summed E-state index contributed by atoms with van der Waals surface area (Å²) in [5.41, 5.74) is 2.09. The molecule has 2 aliphatic heterocycles. The first-order chi connectivity index (χ1) is 16.5. The number of likely N-dealkylation sites (tertiary alicyclic amines) is 1. The second-order valence-electron chi connectivity index (χ2n) is 10.8. The molecule has 6 rings (SSSR count). The molecule has 0 spiro atoms. The number of nitrogens with zero attached hydrogens (tertiary/aromatic N) is 5. The van der Waals surface area contributed by atoms with Crippen LogP contribution in [0.4, 0.5) is 0 Å². The number of fused-ring (bicyclic) bond motifs is 2. The molecule has 4 aliphatic rings. The average Bonchev–Trinajstić information content (AvgIpc) is 3.76. The highest BCUT2D eigenvalue weighted by molar-refractivity contribution is 5.78. The first-order valence-electron chi connectivity index (χ1n) is 12.8. The molecule has 0 unspecified atom stereocenters. The van der Waals surface area contributed by atoms with E-state index in [0.29, 0.717) is 31.5 Å². The van der Waals surface area contributed by atoms with Gasteiger partial charge in [-0.05, 0) is 43.7 Å². The molecule has 2 saturated heterocycles. The lowest BCUT2D eigenvalue weighted by Gasteiger charge is -2.26. The number of imidazole rings is 1. The van der Waals surface area contributed by atoms with Crippen molar-refractivity contribution in [3.05, 3.63) is 36.3 Å². The number of carbonyl (C=O) groups excluding carboxylic acids is 2. The summed E-state index contributed by atoms with van der Waals surface area (Å²) in [5, 5.41) is 0. The van der Waals surface area contributed by atoms with Crippen LogP contribution in [0.15, 0.2) is 30.6 Å². The van der Waals surface area contributed by atoms with Crippen LogP contribution in [0.3, 0.4) is 0 Å². The van der Waals surface area contributed by atoms with Crippen molar-refractivity contribution < 1.29 is 14.3 Å². The monoisotopic (exact) mass is 465 g/mol. The predicted octanol–water partition coefficient (Wildman–Crippen LogP) is 2.17. The molecule has 2 aromatic rings. The van der Waals surface area contributed by atoms with Crippen molar-refractivity contribution in [3.8, 4) is 0 Å². The molecular weight excluding hydrogens is 430 g/mol. The zero-order valence-electron chi connectivity index (χ0n) is 20.2. The second kappa shape index (κ2) is 8.64. The van der Waals surface area contributed by atoms with Crippen LogP contribution in [0.5, 0.6) is 0 Å². The fourth-order valence-electron chi connectivity index (χ4n) is 6.12. The molecule has 0 N–H and O–H groups in total. The summed E-state index contributed by atoms with van der Waals surface area (Å²) in [7, 11) is 3.86. The molecule has 2 amide bonds. The van der Waals surface area contributed by atoms with Gasteiger partial charge in [-0.15, -0.1) is 0 Å². The summed E-state index contributed by atoms with van der Waals surface area (Å²) in [6.45, 7) is 2.24. The van der Waals surface area contributed by atoms with Crippen LogP contribution in [-0.2, 0) is 20.9 Å². The van der Waals surface area contributed by atoms with Gasteiger partial charge >= 0.3 is 0 Å². The van der Waals surface area contributed by atoms with E-state index < -0.39 is 0 Å². The summed E-state index contributed by atoms with van der Waals surface area (Å²) in [4.78, 5) is 36.9. The molecule has 2 aliphatic carbocycles. The molecule has 4 heterocycles. The Kier molecular flexibility index (Phi) is 5.60. The number of aromatic nitrogens is 2. The van der Waals surface area contributed by atoms with Crippen molar-refractivity contribution in [3.63, 3.8) is 0 Å². The van der Waals surface area contributed by atoms with Crippen LogP contribution in [0.1, 0.15) is 44.2 Å². The Hall–Kier alpha value is -2.45. The van der Waals surface area contributed by atoms with Gasteiger partial charge in [-0.2, -0.15) is 0 Å². The second-order valence-corrected chi connectivity index (χ2v) is 10.8. The highest BCUT2D eigenvalue weighted by Crippen LogP contribution is 2.43. The van der Waals surface area contributed by atoms with E-state index in [2.05, 4.69) is 20.5 Å². The molecule has 4 fully saturated rings. The summed E-state index contributed by atoms with van der Waals surface area (Å²) >= 11 is 0. The number of amides is 2. The van der Waals surface area contributed by atoms with Gasteiger partial charge < -0.3 is 18.9 Å². The maximum Gasteiger partial charge on any atom is 0.225 e. The van der Waals surface area contributed by atoms with Gasteiger partial charge in [0.05, 0.1) is 31.0 Å². The molecule has 34 heavy (non-hydrogen) atoms. The van der Waals surface area contributed by atoms with Gasteiger partial charge in [-0.1, -0.05) is 6.07 Å². The van der Waals surface area contributed by atoms with E-state index in [1.54, 1.807) is 0 Å². The third-order valence-electron chi connectivity index (χ3n) is 8.48. The first kappa shape index (κ1) is 22.0. The summed E-state index contributed by atoms with van der Waals surface area (Å²) in [6.07, 6.45) is 9.29. The standard InChI is InChI=1S/C26H35N5O3/c1-28(18-6-7-18)24(32)11-17-14-30(15-20-13-27-23-5-3-4-10-31(20)23)21-16-34-22(26(17)21)12-25(33)29(2)19-8-9-19/h3-5,10,13,17-19,21-22,26H,6-9,11-12,14-16H2,1-2H3/t17-,21-,22+,26-/m1/s1. The minimum absolute atomic E-state index is 0.116. The SMILES string of the molecule is CN(C(=O)C[C@@H]1CN(Cc2cnc3ccccn23)[C@@H]2CO[C@@H](CC(=O)N(C)C3CC3)[C@H]12)C1CC1. The average molecular weight is 466 g/mol. The lowest BCUT2D eigenvalue weighted by atomic mass is 9.84. The number of hydrogen-bond acceptors (Lipinski definition) is 5. The van der Waals surface area contributed by atoms with Crippen molar-refractivity contribution in [1.29, 1.82) is 0 Å². The molecule has 0 aromatic carbocycles. The number of ether oxygens (including phenoxy) is 1. The Morgan fingerprint density at radius 3 is 2.47 bits per heavy atom. The first-order valence-corrected chi connectivity index (χ1v) is 12.8. The van der Waals surface area contributed by atoms with Gasteiger partial charge in [-0.3, -0.25) is 14.5 Å². The molecule has 182 valence electrons. The van der Waals surface area contributed by atoms with Crippen molar-refractivity contribution in [2.75, 3.05) is 27.2 Å². The Morgan fingerprint density at radius 1 is 1.06 bits per heavy atom. The lowest BCUT2D eigenvalue weighted by Crippen LogP contribution is -2.37. The van der Waals surface area contributed by atoms with E-state index in [-0.39, 0.29) is 35.8 Å². The minimum Gasteiger partial charge on any atom is -0.376 e. The lowest BCUT2D eigenvalue weighted by molar-refractivity contribution is -0.133. The van der Waals surface area contributed by atoms with Crippen molar-refractivity contribution in [2.45, 2.75) is 69.3 Å². The van der Waals surface area contributed by atoms with E-state index in [1.165, 1.54) is 0 Å². The molecule has 4 atom stereocenters. The van der Waals surface area contributed by atoms with Crippen LogP contribution in [0.25, 0.3) is 5.65 Å². The summed E-state index contributed by atoms with van der Waals surface area (Å²) in [6, 6.07) is 7.09. The zero-order chi connectivity index (χ0) is 23.4. The van der Waals surface area contributed by atoms with Crippen LogP contribution < -0.4 is 0 Å². The van der Waals surface area contributed by atoms with Crippen molar-refractivity contribution >= 4 is 17.5 Å². The maximum atomic E-state index is 13.1. The normalized spacial score (nSPS) is 28.9. The minimum atomic E-state index is -0.116. The van der Waals surface area contributed by atoms with Gasteiger partial charge in [-0.25, -0.2) is 4.98 Å². The highest BCUT2D eigenvalue weighted by atomic mass is 16.5. The number of hydrogen-bond donors (Lipinski definition) is 0. The summed E-state index contributed by atoms with van der Waals surface area (Å²) in [5.74, 6) is 0.806. The van der Waals surface area contributed by atoms with Gasteiger partial charge in [0.2, 0.25) is 11.8 Å². The molecule has 0 bridgehead atoms. The van der Waals surface area contributed by atoms with E-state index in [1.807, 2.05) is 48.3 Å². The maximum absolute atomic E-state index is 13.1. The van der Waals surface area contributed by atoms with E-state index in [0.717, 1.165) is 50.1 Å². The molecule has 8 nitrogen and oxygen atoms in total. The van der Waals surface area contributed by atoms with Gasteiger partial charge in [0, 0.05) is 63.8 Å². The Labute approximate surface area is 200 Å². The van der Waals surface area contributed by atoms with E-state index in [9.17, 15) is 9.59 Å². The Morgan fingerprint density at radius 2 is 1.76 bits per heavy atom. The highest BCUT2D eigenvalue weighted by Gasteiger charge is 2.52. The van der Waals surface area contributed by atoms with Crippen LogP contribution >= 0.6 is 0 Å². The smallest absolute Gasteiger partial charge is 0.225 e. The Balaban J connectivity index is 1.21. The molecule has 0 radical (unpaired) electrons. The third kappa shape index (κ3) is 4.11. The number of pyridine rings is 1. The Bertz CT molecular complexity index is 1080. The van der Waals surface area contributed by atoms with Gasteiger partial charge in [0.25, 0.3) is 0 Å². The number of carbonyl (C=O) groups is 2. The fourth-order valence-corrected chi connectivity index (χ4v) is 6.12. The van der Waals surface area contributed by atoms with Crippen molar-refractivity contribution in [1.82, 2.24) is 24.1 Å². The van der Waals surface area contributed by atoms with Gasteiger partial charge in [0.15, 0.2) is 0 Å². The zero-order valence-corrected chi connectivity index (χ0v) is 20.2. The fraction of sp³-hybridized carbons (Fsp3) is 0.654. The largest absolute Gasteiger partial charge is 0.376 e. The summed E-state index contributed by atoms with van der Waals surface area (Å²) < 4.78 is 8.41. The van der Waals surface area contributed by atoms with Crippen LogP contribution in [0, 0.1) is 11.8 Å². The molecule has 2 aromatic heterocycles. The van der Waals surface area contributed by atoms with E-state index >= 15 is 0 Å². The molecule has 8 heteroatoms. The van der Waals surface area contributed by atoms with Crippen LogP contribution in [0.2, 0.25) is 0 Å². The number of rotatable bonds is 8. The third-order valence-corrected chi connectivity index (χ3v) is 8.48.